The van der Waals surface area contributed by atoms with Crippen LogP contribution in [0.25, 0.3) is 0 Å². The van der Waals surface area contributed by atoms with Gasteiger partial charge in [0.1, 0.15) is 5.76 Å². The maximum Gasteiger partial charge on any atom is 0.133 e. The Morgan fingerprint density at radius 2 is 2.50 bits per heavy atom. The molecule has 1 atom stereocenters. The third-order valence-electron chi connectivity index (χ3n) is 1.34. The Balaban J connectivity index is 2.87. The normalized spacial score (nSPS) is 12.5. The Labute approximate surface area is 60.2 Å². The maximum absolute atomic E-state index is 5.18. The first kappa shape index (κ1) is 6.88. The minimum absolute atomic E-state index is 0.0532. The van der Waals surface area contributed by atoms with E-state index in [0.717, 1.165) is 11.5 Å². The van der Waals surface area contributed by atoms with Crippen molar-refractivity contribution in [1.82, 2.24) is 5.16 Å². The van der Waals surface area contributed by atoms with Crippen LogP contribution in [-0.2, 0) is 0 Å². The molecular weight excluding hydrogens is 126 g/mol. The van der Waals surface area contributed by atoms with Gasteiger partial charge in [0.15, 0.2) is 0 Å². The number of terminal acetylenes is 1. The Bertz CT molecular complexity index is 256. The molecule has 52 valence electrons. The van der Waals surface area contributed by atoms with Crippen LogP contribution in [0.15, 0.2) is 10.6 Å². The van der Waals surface area contributed by atoms with Crippen molar-refractivity contribution in [2.45, 2.75) is 19.8 Å². The monoisotopic (exact) mass is 135 g/mol. The average molecular weight is 135 g/mol. The van der Waals surface area contributed by atoms with Crippen LogP contribution >= 0.6 is 0 Å². The first-order valence-corrected chi connectivity index (χ1v) is 3.13. The van der Waals surface area contributed by atoms with Gasteiger partial charge in [0.05, 0.1) is 11.6 Å². The Morgan fingerprint density at radius 1 is 1.80 bits per heavy atom. The van der Waals surface area contributed by atoms with E-state index in [-0.39, 0.29) is 5.92 Å². The van der Waals surface area contributed by atoms with Gasteiger partial charge in [-0.25, -0.2) is 0 Å². The minimum atomic E-state index is 0.0532. The van der Waals surface area contributed by atoms with E-state index in [4.69, 9.17) is 10.9 Å². The SMILES string of the molecule is C#CC(C)c1cc(C)on1. The van der Waals surface area contributed by atoms with Gasteiger partial charge >= 0.3 is 0 Å². The number of nitrogens with zero attached hydrogens (tertiary/aromatic N) is 1. The average Bonchev–Trinajstić information content (AvgIpc) is 2.34. The van der Waals surface area contributed by atoms with E-state index in [0.29, 0.717) is 0 Å². The number of aromatic nitrogens is 1. The molecular formula is C8H9NO. The van der Waals surface area contributed by atoms with Crippen LogP contribution < -0.4 is 0 Å². The minimum Gasteiger partial charge on any atom is -0.361 e. The standard InChI is InChI=1S/C8H9NO/c1-4-6(2)8-5-7(3)10-9-8/h1,5-6H,2-3H3. The molecule has 0 amide bonds. The molecule has 10 heavy (non-hydrogen) atoms. The van der Waals surface area contributed by atoms with Crippen molar-refractivity contribution >= 4 is 0 Å². The summed E-state index contributed by atoms with van der Waals surface area (Å²) in [4.78, 5) is 0. The highest BCUT2D eigenvalue weighted by Crippen LogP contribution is 2.12. The molecule has 0 saturated carbocycles. The lowest BCUT2D eigenvalue weighted by atomic mass is 10.1. The summed E-state index contributed by atoms with van der Waals surface area (Å²) in [6, 6.07) is 1.85. The molecule has 1 aromatic rings. The second kappa shape index (κ2) is 2.57. The summed E-state index contributed by atoms with van der Waals surface area (Å²) in [6.07, 6.45) is 5.18. The second-order valence-electron chi connectivity index (χ2n) is 2.25. The van der Waals surface area contributed by atoms with E-state index in [1.54, 1.807) is 0 Å². The molecule has 1 heterocycles. The highest BCUT2D eigenvalue weighted by Gasteiger charge is 2.05. The molecule has 0 aromatic carbocycles. The largest absolute Gasteiger partial charge is 0.361 e. The molecule has 2 nitrogen and oxygen atoms in total. The van der Waals surface area contributed by atoms with Crippen molar-refractivity contribution in [1.29, 1.82) is 0 Å². The maximum atomic E-state index is 5.18. The molecule has 0 spiro atoms. The topological polar surface area (TPSA) is 26.0 Å². The van der Waals surface area contributed by atoms with Crippen LogP contribution in [0.5, 0.6) is 0 Å². The first-order chi connectivity index (χ1) is 4.74. The van der Waals surface area contributed by atoms with E-state index < -0.39 is 0 Å². The predicted molar refractivity (Wildman–Crippen MR) is 38.5 cm³/mol. The number of aryl methyl sites for hydroxylation is 1. The van der Waals surface area contributed by atoms with Gasteiger partial charge in [-0.3, -0.25) is 0 Å². The van der Waals surface area contributed by atoms with Crippen LogP contribution in [0.2, 0.25) is 0 Å². The molecule has 0 fully saturated rings. The third kappa shape index (κ3) is 1.19. The van der Waals surface area contributed by atoms with Crippen molar-refractivity contribution in [3.8, 4) is 12.3 Å². The summed E-state index contributed by atoms with van der Waals surface area (Å²) >= 11 is 0. The van der Waals surface area contributed by atoms with E-state index in [1.165, 1.54) is 0 Å². The van der Waals surface area contributed by atoms with Crippen molar-refractivity contribution in [3.63, 3.8) is 0 Å². The number of hydrogen-bond acceptors (Lipinski definition) is 2. The van der Waals surface area contributed by atoms with Gasteiger partial charge in [-0.15, -0.1) is 6.42 Å². The van der Waals surface area contributed by atoms with Crippen molar-refractivity contribution in [2.75, 3.05) is 0 Å². The molecule has 0 N–H and O–H groups in total. The zero-order valence-electron chi connectivity index (χ0n) is 6.09. The molecule has 1 aromatic heterocycles. The zero-order valence-corrected chi connectivity index (χ0v) is 6.09. The molecule has 0 bridgehead atoms. The van der Waals surface area contributed by atoms with Gasteiger partial charge in [0, 0.05) is 6.07 Å². The summed E-state index contributed by atoms with van der Waals surface area (Å²) in [5.41, 5.74) is 0.833. The van der Waals surface area contributed by atoms with Crippen molar-refractivity contribution in [2.24, 2.45) is 0 Å². The van der Waals surface area contributed by atoms with Crippen LogP contribution in [0, 0.1) is 19.3 Å². The Kier molecular flexibility index (Phi) is 1.77. The molecule has 0 aliphatic heterocycles. The quantitative estimate of drug-likeness (QED) is 0.548. The van der Waals surface area contributed by atoms with E-state index in [2.05, 4.69) is 11.1 Å². The lowest BCUT2D eigenvalue weighted by molar-refractivity contribution is 0.390. The van der Waals surface area contributed by atoms with Crippen LogP contribution in [-0.4, -0.2) is 5.16 Å². The van der Waals surface area contributed by atoms with E-state index in [1.807, 2.05) is 19.9 Å². The number of rotatable bonds is 1. The third-order valence-corrected chi connectivity index (χ3v) is 1.34. The summed E-state index contributed by atoms with van der Waals surface area (Å²) in [7, 11) is 0. The van der Waals surface area contributed by atoms with Crippen molar-refractivity contribution in [3.05, 3.63) is 17.5 Å². The van der Waals surface area contributed by atoms with Gasteiger partial charge < -0.3 is 4.52 Å². The summed E-state index contributed by atoms with van der Waals surface area (Å²) in [5.74, 6) is 3.43. The van der Waals surface area contributed by atoms with Crippen LogP contribution in [0.4, 0.5) is 0 Å². The van der Waals surface area contributed by atoms with Gasteiger partial charge in [-0.2, -0.15) is 0 Å². The smallest absolute Gasteiger partial charge is 0.133 e. The Morgan fingerprint density at radius 3 is 2.90 bits per heavy atom. The number of hydrogen-bond donors (Lipinski definition) is 0. The van der Waals surface area contributed by atoms with Crippen LogP contribution in [0.1, 0.15) is 24.3 Å². The Hall–Kier alpha value is -1.23. The molecule has 0 aliphatic rings. The lowest BCUT2D eigenvalue weighted by Crippen LogP contribution is -1.87. The lowest BCUT2D eigenvalue weighted by Gasteiger charge is -1.92. The van der Waals surface area contributed by atoms with Crippen molar-refractivity contribution < 1.29 is 4.52 Å². The fraction of sp³-hybridized carbons (Fsp3) is 0.375. The summed E-state index contributed by atoms with van der Waals surface area (Å²) < 4.78 is 4.84. The van der Waals surface area contributed by atoms with Gasteiger partial charge in [0.2, 0.25) is 0 Å². The first-order valence-electron chi connectivity index (χ1n) is 3.13. The molecule has 1 unspecified atom stereocenters. The van der Waals surface area contributed by atoms with E-state index in [9.17, 15) is 0 Å². The fourth-order valence-corrected chi connectivity index (χ4v) is 0.675. The molecule has 2 heteroatoms. The highest BCUT2D eigenvalue weighted by atomic mass is 16.5. The zero-order chi connectivity index (χ0) is 7.56. The molecule has 0 saturated heterocycles. The fourth-order valence-electron chi connectivity index (χ4n) is 0.675. The second-order valence-corrected chi connectivity index (χ2v) is 2.25. The summed E-state index contributed by atoms with van der Waals surface area (Å²) in [6.45, 7) is 3.76. The summed E-state index contributed by atoms with van der Waals surface area (Å²) in [5, 5.41) is 3.77. The van der Waals surface area contributed by atoms with E-state index >= 15 is 0 Å². The van der Waals surface area contributed by atoms with Gasteiger partial charge in [0.25, 0.3) is 0 Å². The predicted octanol–water partition coefficient (Wildman–Crippen LogP) is 1.72. The highest BCUT2D eigenvalue weighted by molar-refractivity contribution is 5.17. The van der Waals surface area contributed by atoms with Gasteiger partial charge in [-0.05, 0) is 13.8 Å². The van der Waals surface area contributed by atoms with Crippen LogP contribution in [0.3, 0.4) is 0 Å². The molecule has 0 aliphatic carbocycles. The van der Waals surface area contributed by atoms with Gasteiger partial charge in [-0.1, -0.05) is 11.1 Å². The molecule has 0 radical (unpaired) electrons. The molecule has 1 rings (SSSR count).